The minimum Gasteiger partial charge on any atom is -0.307 e. The predicted molar refractivity (Wildman–Crippen MR) is 68.6 cm³/mol. The van der Waals surface area contributed by atoms with Gasteiger partial charge in [0.05, 0.1) is 6.04 Å². The highest BCUT2D eigenvalue weighted by Gasteiger charge is 2.51. The molecule has 0 spiro atoms. The molecule has 17 heavy (non-hydrogen) atoms. The van der Waals surface area contributed by atoms with Crippen LogP contribution in [0, 0.1) is 11.3 Å². The normalized spacial score (nSPS) is 23.6. The summed E-state index contributed by atoms with van der Waals surface area (Å²) in [6.07, 6.45) is 4.11. The molecule has 1 aliphatic carbocycles. The number of rotatable bonds is 6. The molecular formula is C13H24N4. The molecule has 0 radical (unpaired) electrons. The molecular weight excluding hydrogens is 212 g/mol. The molecule has 1 heterocycles. The van der Waals surface area contributed by atoms with Gasteiger partial charge in [-0.2, -0.15) is 5.10 Å². The Balaban J connectivity index is 2.16. The number of aryl methyl sites for hydroxylation is 1. The first-order valence-corrected chi connectivity index (χ1v) is 6.71. The average Bonchev–Trinajstić information content (AvgIpc) is 2.76. The fourth-order valence-electron chi connectivity index (χ4n) is 2.55. The van der Waals surface area contributed by atoms with Crippen LogP contribution in [0.2, 0.25) is 0 Å². The van der Waals surface area contributed by atoms with Crippen molar-refractivity contribution < 1.29 is 0 Å². The molecule has 1 saturated carbocycles. The predicted octanol–water partition coefficient (Wildman–Crippen LogP) is 2.38. The lowest BCUT2D eigenvalue weighted by atomic mass is 10.0. The van der Waals surface area contributed by atoms with Crippen LogP contribution in [0.1, 0.15) is 52.4 Å². The highest BCUT2D eigenvalue weighted by atomic mass is 15.3. The Hall–Kier alpha value is -0.900. The Bertz CT molecular complexity index is 369. The summed E-state index contributed by atoms with van der Waals surface area (Å²) in [5.74, 6) is 1.81. The lowest BCUT2D eigenvalue weighted by Gasteiger charge is -2.20. The van der Waals surface area contributed by atoms with E-state index in [4.69, 9.17) is 0 Å². The zero-order chi connectivity index (χ0) is 12.5. The highest BCUT2D eigenvalue weighted by Crippen LogP contribution is 2.57. The third-order valence-corrected chi connectivity index (χ3v) is 3.83. The van der Waals surface area contributed by atoms with Gasteiger partial charge in [0.15, 0.2) is 0 Å². The Morgan fingerprint density at radius 3 is 2.76 bits per heavy atom. The first-order valence-electron chi connectivity index (χ1n) is 6.71. The van der Waals surface area contributed by atoms with E-state index in [2.05, 4.69) is 43.1 Å². The van der Waals surface area contributed by atoms with Gasteiger partial charge < -0.3 is 5.32 Å². The summed E-state index contributed by atoms with van der Waals surface area (Å²) >= 11 is 0. The van der Waals surface area contributed by atoms with Gasteiger partial charge in [-0.05, 0) is 37.6 Å². The Labute approximate surface area is 104 Å². The first kappa shape index (κ1) is 12.6. The van der Waals surface area contributed by atoms with Crippen molar-refractivity contribution in [3.8, 4) is 0 Å². The Kier molecular flexibility index (Phi) is 3.52. The molecule has 0 amide bonds. The molecule has 0 bridgehead atoms. The minimum atomic E-state index is 0.368. The van der Waals surface area contributed by atoms with Gasteiger partial charge >= 0.3 is 0 Å². The zero-order valence-electron chi connectivity index (χ0n) is 11.4. The summed E-state index contributed by atoms with van der Waals surface area (Å²) in [4.78, 5) is 4.46. The fourth-order valence-corrected chi connectivity index (χ4v) is 2.55. The van der Waals surface area contributed by atoms with Crippen molar-refractivity contribution in [2.24, 2.45) is 11.3 Å². The van der Waals surface area contributed by atoms with E-state index in [1.165, 1.54) is 6.42 Å². The molecule has 0 aromatic carbocycles. The number of nitrogens with zero attached hydrogens (tertiary/aromatic N) is 3. The van der Waals surface area contributed by atoms with Gasteiger partial charge in [-0.3, -0.25) is 0 Å². The maximum atomic E-state index is 4.46. The van der Waals surface area contributed by atoms with Crippen molar-refractivity contribution in [1.82, 2.24) is 20.1 Å². The van der Waals surface area contributed by atoms with E-state index in [1.807, 2.05) is 4.68 Å². The molecule has 1 fully saturated rings. The number of nitrogens with one attached hydrogen (secondary N) is 1. The van der Waals surface area contributed by atoms with Crippen molar-refractivity contribution in [3.05, 3.63) is 12.2 Å². The smallest absolute Gasteiger partial charge is 0.144 e. The zero-order valence-corrected chi connectivity index (χ0v) is 11.4. The van der Waals surface area contributed by atoms with Gasteiger partial charge in [0.25, 0.3) is 0 Å². The topological polar surface area (TPSA) is 42.7 Å². The highest BCUT2D eigenvalue weighted by molar-refractivity contribution is 5.09. The first-order chi connectivity index (χ1) is 8.10. The minimum absolute atomic E-state index is 0.368. The summed E-state index contributed by atoms with van der Waals surface area (Å²) < 4.78 is 2.02. The molecule has 0 saturated heterocycles. The molecule has 2 atom stereocenters. The van der Waals surface area contributed by atoms with Crippen molar-refractivity contribution in [2.45, 2.75) is 53.1 Å². The van der Waals surface area contributed by atoms with Gasteiger partial charge in [0, 0.05) is 6.54 Å². The number of aromatic nitrogens is 3. The van der Waals surface area contributed by atoms with Crippen LogP contribution in [-0.4, -0.2) is 21.3 Å². The van der Waals surface area contributed by atoms with Crippen LogP contribution in [0.25, 0.3) is 0 Å². The van der Waals surface area contributed by atoms with E-state index in [-0.39, 0.29) is 0 Å². The monoisotopic (exact) mass is 236 g/mol. The molecule has 96 valence electrons. The van der Waals surface area contributed by atoms with Crippen LogP contribution in [0.15, 0.2) is 6.33 Å². The van der Waals surface area contributed by atoms with Crippen LogP contribution >= 0.6 is 0 Å². The van der Waals surface area contributed by atoms with Gasteiger partial charge in [-0.15, -0.1) is 0 Å². The Morgan fingerprint density at radius 1 is 1.53 bits per heavy atom. The van der Waals surface area contributed by atoms with E-state index in [9.17, 15) is 0 Å². The Morgan fingerprint density at radius 2 is 2.24 bits per heavy atom. The third-order valence-electron chi connectivity index (χ3n) is 3.83. The molecule has 1 aromatic rings. The van der Waals surface area contributed by atoms with Crippen molar-refractivity contribution in [2.75, 3.05) is 6.54 Å². The summed E-state index contributed by atoms with van der Waals surface area (Å²) in [6.45, 7) is 10.9. The summed E-state index contributed by atoms with van der Waals surface area (Å²) in [5.41, 5.74) is 0.454. The van der Waals surface area contributed by atoms with Gasteiger partial charge in [0.2, 0.25) is 0 Å². The van der Waals surface area contributed by atoms with E-state index in [1.54, 1.807) is 6.33 Å². The largest absolute Gasteiger partial charge is 0.307 e. The maximum Gasteiger partial charge on any atom is 0.144 e. The van der Waals surface area contributed by atoms with Crippen molar-refractivity contribution in [1.29, 1.82) is 0 Å². The molecule has 1 aliphatic rings. The van der Waals surface area contributed by atoms with Crippen LogP contribution in [0.5, 0.6) is 0 Å². The second-order valence-corrected chi connectivity index (χ2v) is 5.66. The maximum absolute atomic E-state index is 4.46. The molecule has 4 heteroatoms. The standard InChI is InChI=1S/C13H24N4/c1-5-7-14-11(10-8-13(10,3)4)12-15-9-16-17(12)6-2/h9-11,14H,5-8H2,1-4H3. The molecule has 1 aromatic heterocycles. The average molecular weight is 236 g/mol. The van der Waals surface area contributed by atoms with E-state index >= 15 is 0 Å². The number of hydrogen-bond acceptors (Lipinski definition) is 3. The summed E-state index contributed by atoms with van der Waals surface area (Å²) in [5, 5.41) is 7.93. The number of hydrogen-bond donors (Lipinski definition) is 1. The van der Waals surface area contributed by atoms with E-state index < -0.39 is 0 Å². The summed E-state index contributed by atoms with van der Waals surface area (Å²) in [7, 11) is 0. The SMILES string of the molecule is CCCNC(c1ncnn1CC)C1CC1(C)C. The van der Waals surface area contributed by atoms with Crippen molar-refractivity contribution in [3.63, 3.8) is 0 Å². The van der Waals surface area contributed by atoms with Gasteiger partial charge in [-0.1, -0.05) is 20.8 Å². The lowest BCUT2D eigenvalue weighted by molar-refractivity contribution is 0.383. The molecule has 1 N–H and O–H groups in total. The fraction of sp³-hybridized carbons (Fsp3) is 0.846. The van der Waals surface area contributed by atoms with Crippen LogP contribution < -0.4 is 5.32 Å². The van der Waals surface area contributed by atoms with Crippen LogP contribution in [0.4, 0.5) is 0 Å². The van der Waals surface area contributed by atoms with Gasteiger partial charge in [0.1, 0.15) is 12.2 Å². The molecule has 0 aliphatic heterocycles. The second kappa shape index (κ2) is 4.77. The van der Waals surface area contributed by atoms with Crippen LogP contribution in [-0.2, 0) is 6.54 Å². The molecule has 2 unspecified atom stereocenters. The lowest BCUT2D eigenvalue weighted by Crippen LogP contribution is -2.28. The van der Waals surface area contributed by atoms with E-state index in [0.29, 0.717) is 17.4 Å². The quantitative estimate of drug-likeness (QED) is 0.824. The third kappa shape index (κ3) is 2.51. The molecule has 2 rings (SSSR count). The summed E-state index contributed by atoms with van der Waals surface area (Å²) in [6, 6.07) is 0.368. The second-order valence-electron chi connectivity index (χ2n) is 5.66. The van der Waals surface area contributed by atoms with Crippen molar-refractivity contribution >= 4 is 0 Å². The van der Waals surface area contributed by atoms with Crippen LogP contribution in [0.3, 0.4) is 0 Å². The molecule has 4 nitrogen and oxygen atoms in total. The van der Waals surface area contributed by atoms with E-state index in [0.717, 1.165) is 25.3 Å². The van der Waals surface area contributed by atoms with Gasteiger partial charge in [-0.25, -0.2) is 9.67 Å².